The normalized spacial score (nSPS) is 22.2. The van der Waals surface area contributed by atoms with Crippen molar-refractivity contribution in [3.8, 4) is 5.75 Å². The Bertz CT molecular complexity index is 572. The summed E-state index contributed by atoms with van der Waals surface area (Å²) in [5, 5.41) is 0.790. The maximum Gasteiger partial charge on any atom is 0.192 e. The van der Waals surface area contributed by atoms with E-state index in [2.05, 4.69) is 33.9 Å². The van der Waals surface area contributed by atoms with E-state index in [4.69, 9.17) is 20.8 Å². The number of rotatable bonds is 5. The molecule has 0 bridgehead atoms. The molecule has 0 spiro atoms. The highest BCUT2D eigenvalue weighted by atomic mass is 35.5. The number of carbonyl (C=O) groups excluding carboxylic acids is 1. The fourth-order valence-electron chi connectivity index (χ4n) is 2.76. The molecule has 1 aliphatic rings. The third kappa shape index (κ3) is 4.84. The molecule has 0 aromatic heterocycles. The quantitative estimate of drug-likeness (QED) is 0.482. The summed E-state index contributed by atoms with van der Waals surface area (Å²) in [5.41, 5.74) is 0.516. The largest absolute Gasteiger partial charge is 0.490 e. The molecule has 24 heavy (non-hydrogen) atoms. The lowest BCUT2D eigenvalue weighted by Crippen LogP contribution is -2.45. The Morgan fingerprint density at radius 1 is 1.12 bits per heavy atom. The highest BCUT2D eigenvalue weighted by Gasteiger charge is 2.40. The number of carbonyl (C=O) groups is 1. The number of hydrogen-bond acceptors (Lipinski definition) is 3. The molecule has 134 valence electrons. The first-order valence-electron chi connectivity index (χ1n) is 8.71. The van der Waals surface area contributed by atoms with E-state index in [9.17, 15) is 4.79 Å². The Morgan fingerprint density at radius 3 is 2.25 bits per heavy atom. The summed E-state index contributed by atoms with van der Waals surface area (Å²) < 4.78 is 12.6. The lowest BCUT2D eigenvalue weighted by Gasteiger charge is -2.41. The molecule has 0 saturated heterocycles. The van der Waals surface area contributed by atoms with Crippen LogP contribution in [0.15, 0.2) is 18.2 Å². The van der Waals surface area contributed by atoms with E-state index in [-0.39, 0.29) is 11.1 Å². The molecule has 0 aliphatic heterocycles. The zero-order valence-corrected chi connectivity index (χ0v) is 17.2. The van der Waals surface area contributed by atoms with Crippen molar-refractivity contribution >= 4 is 26.2 Å². The molecule has 1 fully saturated rings. The van der Waals surface area contributed by atoms with Crippen LogP contribution in [0.4, 0.5) is 0 Å². The first-order valence-corrected chi connectivity index (χ1v) is 12.0. The minimum atomic E-state index is -1.71. The van der Waals surface area contributed by atoms with Gasteiger partial charge in [0.05, 0.1) is 11.7 Å². The second kappa shape index (κ2) is 7.59. The van der Waals surface area contributed by atoms with Crippen molar-refractivity contribution in [3.05, 3.63) is 28.8 Å². The van der Waals surface area contributed by atoms with Gasteiger partial charge in [-0.3, -0.25) is 4.79 Å². The third-order valence-corrected chi connectivity index (χ3v) is 10.1. The molecule has 0 radical (unpaired) electrons. The van der Waals surface area contributed by atoms with Gasteiger partial charge < -0.3 is 9.16 Å². The van der Waals surface area contributed by atoms with Gasteiger partial charge in [0.25, 0.3) is 0 Å². The maximum atomic E-state index is 11.2. The predicted molar refractivity (Wildman–Crippen MR) is 102 cm³/mol. The summed E-state index contributed by atoms with van der Waals surface area (Å²) in [6.07, 6.45) is 5.22. The van der Waals surface area contributed by atoms with Crippen molar-refractivity contribution in [3.63, 3.8) is 0 Å². The maximum absolute atomic E-state index is 11.2. The van der Waals surface area contributed by atoms with Crippen LogP contribution in [0.3, 0.4) is 0 Å². The van der Waals surface area contributed by atoms with Crippen molar-refractivity contribution in [2.45, 2.75) is 76.8 Å². The lowest BCUT2D eigenvalue weighted by atomic mass is 9.95. The van der Waals surface area contributed by atoms with Gasteiger partial charge in [0.1, 0.15) is 5.75 Å². The second-order valence-corrected chi connectivity index (χ2v) is 13.4. The van der Waals surface area contributed by atoms with E-state index < -0.39 is 8.32 Å². The van der Waals surface area contributed by atoms with E-state index in [1.165, 1.54) is 0 Å². The molecule has 1 aromatic carbocycles. The van der Waals surface area contributed by atoms with Gasteiger partial charge in [-0.05, 0) is 62.0 Å². The van der Waals surface area contributed by atoms with Crippen LogP contribution in [0.5, 0.6) is 5.75 Å². The van der Waals surface area contributed by atoms with Crippen LogP contribution in [-0.2, 0) is 4.43 Å². The molecule has 0 amide bonds. The van der Waals surface area contributed by atoms with Gasteiger partial charge in [0.2, 0.25) is 0 Å². The molecule has 0 unspecified atom stereocenters. The zero-order valence-electron chi connectivity index (χ0n) is 15.4. The number of halogens is 1. The van der Waals surface area contributed by atoms with Gasteiger partial charge in [-0.2, -0.15) is 0 Å². The van der Waals surface area contributed by atoms with Crippen LogP contribution in [-0.4, -0.2) is 26.8 Å². The fourth-order valence-corrected chi connectivity index (χ4v) is 4.36. The van der Waals surface area contributed by atoms with E-state index in [1.54, 1.807) is 18.2 Å². The van der Waals surface area contributed by atoms with Crippen LogP contribution in [0.1, 0.15) is 56.8 Å². The van der Waals surface area contributed by atoms with Gasteiger partial charge in [-0.1, -0.05) is 32.4 Å². The molecule has 2 rings (SSSR count). The first kappa shape index (κ1) is 19.5. The van der Waals surface area contributed by atoms with Crippen LogP contribution in [0.2, 0.25) is 23.2 Å². The lowest BCUT2D eigenvalue weighted by molar-refractivity contribution is 0.0719. The van der Waals surface area contributed by atoms with Gasteiger partial charge in [0.15, 0.2) is 14.6 Å². The molecular weight excluding hydrogens is 340 g/mol. The standard InChI is InChI=1S/C19H29ClO3Si/c1-19(2,3)24(4,5)23-17-9-7-16(8-10-17)22-18-11-6-15(20)12-14(18)13-21/h6,11-13,16-17H,7-10H2,1-5H3. The second-order valence-electron chi connectivity index (χ2n) is 8.19. The molecule has 3 nitrogen and oxygen atoms in total. The Morgan fingerprint density at radius 2 is 1.71 bits per heavy atom. The van der Waals surface area contributed by atoms with Gasteiger partial charge in [0, 0.05) is 11.1 Å². The van der Waals surface area contributed by atoms with Crippen LogP contribution < -0.4 is 4.74 Å². The third-order valence-electron chi connectivity index (χ3n) is 5.28. The number of hydrogen-bond donors (Lipinski definition) is 0. The molecule has 0 atom stereocenters. The summed E-state index contributed by atoms with van der Waals surface area (Å²) in [6, 6.07) is 5.19. The Labute approximate surface area is 151 Å². The molecular formula is C19H29ClO3Si. The van der Waals surface area contributed by atoms with Gasteiger partial charge >= 0.3 is 0 Å². The van der Waals surface area contributed by atoms with E-state index >= 15 is 0 Å². The van der Waals surface area contributed by atoms with E-state index in [0.717, 1.165) is 32.0 Å². The number of ether oxygens (including phenoxy) is 1. The summed E-state index contributed by atoms with van der Waals surface area (Å²) in [7, 11) is -1.71. The molecule has 5 heteroatoms. The Kier molecular flexibility index (Phi) is 6.16. The number of aldehydes is 1. The Balaban J connectivity index is 1.91. The van der Waals surface area contributed by atoms with Crippen molar-refractivity contribution < 1.29 is 14.0 Å². The van der Waals surface area contributed by atoms with Crippen LogP contribution in [0.25, 0.3) is 0 Å². The summed E-state index contributed by atoms with van der Waals surface area (Å²) in [4.78, 5) is 11.2. The molecule has 1 saturated carbocycles. The molecule has 0 N–H and O–H groups in total. The monoisotopic (exact) mass is 368 g/mol. The SMILES string of the molecule is CC(C)(C)[Si](C)(C)OC1CCC(Oc2ccc(Cl)cc2C=O)CC1. The first-order chi connectivity index (χ1) is 11.1. The van der Waals surface area contributed by atoms with Gasteiger partial charge in [-0.25, -0.2) is 0 Å². The molecule has 0 heterocycles. The fraction of sp³-hybridized carbons (Fsp3) is 0.632. The topological polar surface area (TPSA) is 35.5 Å². The summed E-state index contributed by atoms with van der Waals surface area (Å²) in [6.45, 7) is 11.4. The minimum absolute atomic E-state index is 0.143. The molecule has 1 aromatic rings. The average molecular weight is 369 g/mol. The summed E-state index contributed by atoms with van der Waals surface area (Å²) in [5.74, 6) is 0.628. The van der Waals surface area contributed by atoms with E-state index in [1.807, 2.05) is 0 Å². The van der Waals surface area contributed by atoms with Crippen molar-refractivity contribution in [2.24, 2.45) is 0 Å². The summed E-state index contributed by atoms with van der Waals surface area (Å²) >= 11 is 5.93. The molecule has 1 aliphatic carbocycles. The predicted octanol–water partition coefficient (Wildman–Crippen LogP) is 5.86. The highest BCUT2D eigenvalue weighted by molar-refractivity contribution is 6.74. The van der Waals surface area contributed by atoms with Crippen molar-refractivity contribution in [2.75, 3.05) is 0 Å². The Hall–Kier alpha value is -0.843. The minimum Gasteiger partial charge on any atom is -0.490 e. The zero-order chi connectivity index (χ0) is 18.0. The highest BCUT2D eigenvalue weighted by Crippen LogP contribution is 2.39. The van der Waals surface area contributed by atoms with E-state index in [0.29, 0.717) is 22.4 Å². The van der Waals surface area contributed by atoms with Gasteiger partial charge in [-0.15, -0.1) is 0 Å². The van der Waals surface area contributed by atoms with Crippen molar-refractivity contribution in [1.29, 1.82) is 0 Å². The number of benzene rings is 1. The van der Waals surface area contributed by atoms with Crippen LogP contribution >= 0.6 is 11.6 Å². The smallest absolute Gasteiger partial charge is 0.192 e. The van der Waals surface area contributed by atoms with Crippen LogP contribution in [0, 0.1) is 0 Å². The average Bonchev–Trinajstić information content (AvgIpc) is 2.49. The van der Waals surface area contributed by atoms with Crippen molar-refractivity contribution in [1.82, 2.24) is 0 Å².